The lowest BCUT2D eigenvalue weighted by molar-refractivity contribution is 0.172. The first-order valence-electron chi connectivity index (χ1n) is 7.08. The number of hydrogen-bond acceptors (Lipinski definition) is 4. The summed E-state index contributed by atoms with van der Waals surface area (Å²) in [5.74, 6) is 0.718. The molecule has 22 heavy (non-hydrogen) atoms. The summed E-state index contributed by atoms with van der Waals surface area (Å²) >= 11 is 0. The zero-order chi connectivity index (χ0) is 14.5. The summed E-state index contributed by atoms with van der Waals surface area (Å²) in [6, 6.07) is 5.95. The van der Waals surface area contributed by atoms with E-state index < -0.39 is 0 Å². The highest BCUT2D eigenvalue weighted by atomic mass is 35.5. The Hall–Kier alpha value is -0.940. The van der Waals surface area contributed by atoms with Gasteiger partial charge in [0.15, 0.2) is 11.5 Å². The van der Waals surface area contributed by atoms with Gasteiger partial charge in [0.1, 0.15) is 0 Å². The number of nitrogens with one attached hydrogen (secondary N) is 1. The van der Waals surface area contributed by atoms with E-state index in [1.807, 2.05) is 18.2 Å². The third-order valence-electron chi connectivity index (χ3n) is 3.72. The normalized spacial score (nSPS) is 16.1. The molecule has 126 valence electrons. The molecule has 2 rings (SSSR count). The van der Waals surface area contributed by atoms with Crippen LogP contribution in [0.3, 0.4) is 0 Å². The minimum absolute atomic E-state index is 0. The minimum atomic E-state index is 0. The van der Waals surface area contributed by atoms with Crippen LogP contribution < -0.4 is 10.1 Å². The van der Waals surface area contributed by atoms with Crippen molar-refractivity contribution in [3.63, 3.8) is 0 Å². The molecule has 1 heterocycles. The standard InChI is InChI=1S/C16H24N2O2.2ClH/c1-12(2)10-14(18-8-6-17-7-9-18)13-4-5-16(20-3)15(19)11-13;;/h4-5,11,14,17,19H,1,6-10H2,2-3H3;2*1H/t14-;;/m1../s1. The SMILES string of the molecule is C=C(C)C[C@H](c1ccc(OC)c(O)c1)N1CCNCC1.Cl.Cl. The molecular formula is C16H26Cl2N2O2. The smallest absolute Gasteiger partial charge is 0.160 e. The largest absolute Gasteiger partial charge is 0.504 e. The number of aromatic hydroxyl groups is 1. The molecule has 1 aliphatic heterocycles. The summed E-state index contributed by atoms with van der Waals surface area (Å²) < 4.78 is 5.12. The number of benzene rings is 1. The van der Waals surface area contributed by atoms with Gasteiger partial charge in [-0.25, -0.2) is 0 Å². The van der Waals surface area contributed by atoms with E-state index in [0.29, 0.717) is 5.75 Å². The van der Waals surface area contributed by atoms with Crippen molar-refractivity contribution in [1.82, 2.24) is 10.2 Å². The van der Waals surface area contributed by atoms with Gasteiger partial charge in [0.25, 0.3) is 0 Å². The fourth-order valence-corrected chi connectivity index (χ4v) is 2.70. The Morgan fingerprint density at radius 2 is 2.00 bits per heavy atom. The predicted molar refractivity (Wildman–Crippen MR) is 95.8 cm³/mol. The second kappa shape index (κ2) is 9.95. The molecule has 6 heteroatoms. The van der Waals surface area contributed by atoms with Crippen molar-refractivity contribution in [2.45, 2.75) is 19.4 Å². The van der Waals surface area contributed by atoms with E-state index in [0.717, 1.165) is 43.7 Å². The third kappa shape index (κ3) is 5.36. The lowest BCUT2D eigenvalue weighted by Crippen LogP contribution is -2.45. The van der Waals surface area contributed by atoms with E-state index in [1.165, 1.54) is 0 Å². The molecule has 0 aliphatic carbocycles. The second-order valence-electron chi connectivity index (χ2n) is 5.39. The van der Waals surface area contributed by atoms with Crippen LogP contribution in [0.1, 0.15) is 24.9 Å². The molecule has 1 aromatic rings. The van der Waals surface area contributed by atoms with Crippen LogP contribution in [0.5, 0.6) is 11.5 Å². The Kier molecular flexibility index (Phi) is 9.53. The molecule has 1 fully saturated rings. The molecule has 0 aromatic heterocycles. The van der Waals surface area contributed by atoms with Crippen molar-refractivity contribution >= 4 is 24.8 Å². The first-order valence-corrected chi connectivity index (χ1v) is 7.08. The molecule has 0 unspecified atom stereocenters. The van der Waals surface area contributed by atoms with E-state index in [-0.39, 0.29) is 36.6 Å². The van der Waals surface area contributed by atoms with E-state index in [2.05, 4.69) is 23.7 Å². The maximum Gasteiger partial charge on any atom is 0.160 e. The van der Waals surface area contributed by atoms with Crippen molar-refractivity contribution < 1.29 is 9.84 Å². The van der Waals surface area contributed by atoms with Gasteiger partial charge in [0.05, 0.1) is 7.11 Å². The second-order valence-corrected chi connectivity index (χ2v) is 5.39. The molecule has 0 spiro atoms. The maximum atomic E-state index is 9.99. The predicted octanol–water partition coefficient (Wildman–Crippen LogP) is 3.16. The van der Waals surface area contributed by atoms with Crippen molar-refractivity contribution in [1.29, 1.82) is 0 Å². The topological polar surface area (TPSA) is 44.7 Å². The van der Waals surface area contributed by atoms with Gasteiger partial charge >= 0.3 is 0 Å². The number of piperazine rings is 1. The van der Waals surface area contributed by atoms with Gasteiger partial charge in [-0.05, 0) is 31.0 Å². The molecular weight excluding hydrogens is 323 g/mol. The maximum absolute atomic E-state index is 9.99. The van der Waals surface area contributed by atoms with Crippen LogP contribution >= 0.6 is 24.8 Å². The van der Waals surface area contributed by atoms with Gasteiger partial charge in [0.2, 0.25) is 0 Å². The van der Waals surface area contributed by atoms with Crippen LogP contribution in [-0.4, -0.2) is 43.3 Å². The molecule has 4 nitrogen and oxygen atoms in total. The Bertz CT molecular complexity index is 477. The highest BCUT2D eigenvalue weighted by molar-refractivity contribution is 5.85. The summed E-state index contributed by atoms with van der Waals surface area (Å²) in [7, 11) is 1.57. The summed E-state index contributed by atoms with van der Waals surface area (Å²) in [4.78, 5) is 2.45. The van der Waals surface area contributed by atoms with Crippen LogP contribution in [0.4, 0.5) is 0 Å². The van der Waals surface area contributed by atoms with Crippen LogP contribution in [0.25, 0.3) is 0 Å². The molecule has 1 aliphatic rings. The lowest BCUT2D eigenvalue weighted by Gasteiger charge is -2.35. The Labute approximate surface area is 145 Å². The fourth-order valence-electron chi connectivity index (χ4n) is 2.70. The van der Waals surface area contributed by atoms with Gasteiger partial charge in [-0.3, -0.25) is 4.90 Å². The quantitative estimate of drug-likeness (QED) is 0.802. The van der Waals surface area contributed by atoms with Gasteiger partial charge in [-0.2, -0.15) is 0 Å². The number of methoxy groups -OCH3 is 1. The Morgan fingerprint density at radius 1 is 1.36 bits per heavy atom. The Morgan fingerprint density at radius 3 is 2.50 bits per heavy atom. The van der Waals surface area contributed by atoms with E-state index in [4.69, 9.17) is 4.74 Å². The fraction of sp³-hybridized carbons (Fsp3) is 0.500. The molecule has 1 aromatic carbocycles. The van der Waals surface area contributed by atoms with Gasteiger partial charge in [0, 0.05) is 32.2 Å². The highest BCUT2D eigenvalue weighted by Crippen LogP contribution is 2.33. The number of ether oxygens (including phenoxy) is 1. The van der Waals surface area contributed by atoms with Gasteiger partial charge in [-0.1, -0.05) is 11.6 Å². The zero-order valence-corrected chi connectivity index (χ0v) is 14.8. The van der Waals surface area contributed by atoms with E-state index in [1.54, 1.807) is 7.11 Å². The number of hydrogen-bond donors (Lipinski definition) is 2. The van der Waals surface area contributed by atoms with Crippen LogP contribution in [0, 0.1) is 0 Å². The summed E-state index contributed by atoms with van der Waals surface area (Å²) in [5, 5.41) is 13.4. The average molecular weight is 349 g/mol. The molecule has 0 bridgehead atoms. The van der Waals surface area contributed by atoms with Gasteiger partial charge < -0.3 is 15.2 Å². The monoisotopic (exact) mass is 348 g/mol. The molecule has 2 N–H and O–H groups in total. The van der Waals surface area contributed by atoms with E-state index in [9.17, 15) is 5.11 Å². The van der Waals surface area contributed by atoms with Crippen molar-refractivity contribution in [2.75, 3.05) is 33.3 Å². The number of phenols is 1. The number of rotatable bonds is 5. The molecule has 0 saturated carbocycles. The molecule has 1 atom stereocenters. The average Bonchev–Trinajstić information content (AvgIpc) is 2.45. The summed E-state index contributed by atoms with van der Waals surface area (Å²) in [5.41, 5.74) is 2.28. The van der Waals surface area contributed by atoms with Crippen LogP contribution in [0.2, 0.25) is 0 Å². The summed E-state index contributed by atoms with van der Waals surface area (Å²) in [6.45, 7) is 10.2. The Balaban J connectivity index is 0.00000220. The van der Waals surface area contributed by atoms with Crippen molar-refractivity contribution in [2.24, 2.45) is 0 Å². The molecule has 0 amide bonds. The molecule has 1 saturated heterocycles. The number of halogens is 2. The highest BCUT2D eigenvalue weighted by Gasteiger charge is 2.23. The first kappa shape index (κ1) is 21.1. The summed E-state index contributed by atoms with van der Waals surface area (Å²) in [6.07, 6.45) is 0.909. The first-order chi connectivity index (χ1) is 9.61. The van der Waals surface area contributed by atoms with Crippen molar-refractivity contribution in [3.05, 3.63) is 35.9 Å². The third-order valence-corrected chi connectivity index (χ3v) is 3.72. The van der Waals surface area contributed by atoms with Crippen molar-refractivity contribution in [3.8, 4) is 11.5 Å². The number of nitrogens with zero attached hydrogens (tertiary/aromatic N) is 1. The minimum Gasteiger partial charge on any atom is -0.504 e. The number of phenolic OH excluding ortho intramolecular Hbond substituents is 1. The van der Waals surface area contributed by atoms with E-state index >= 15 is 0 Å². The zero-order valence-electron chi connectivity index (χ0n) is 13.2. The lowest BCUT2D eigenvalue weighted by atomic mass is 9.97. The van der Waals surface area contributed by atoms with Gasteiger partial charge in [-0.15, -0.1) is 31.4 Å². The molecule has 0 radical (unpaired) electrons. The van der Waals surface area contributed by atoms with Crippen LogP contribution in [0.15, 0.2) is 30.4 Å². The van der Waals surface area contributed by atoms with Crippen LogP contribution in [-0.2, 0) is 0 Å².